The van der Waals surface area contributed by atoms with E-state index in [9.17, 15) is 0 Å². The smallest absolute Gasteiger partial charge is 0.158 e. The molecule has 0 bridgehead atoms. The summed E-state index contributed by atoms with van der Waals surface area (Å²) in [5.41, 5.74) is 1.12. The highest BCUT2D eigenvalue weighted by Gasteiger charge is 2.13. The molecular weight excluding hydrogens is 164 g/mol. The van der Waals surface area contributed by atoms with Crippen LogP contribution >= 0.6 is 0 Å². The minimum Gasteiger partial charge on any atom is -0.353 e. The first-order chi connectivity index (χ1) is 6.36. The van der Waals surface area contributed by atoms with Crippen LogP contribution in [0.25, 0.3) is 0 Å². The predicted molar refractivity (Wildman–Crippen MR) is 53.5 cm³/mol. The lowest BCUT2D eigenvalue weighted by Crippen LogP contribution is -2.22. The number of ether oxygens (including phenoxy) is 2. The lowest BCUT2D eigenvalue weighted by atomic mass is 10.2. The second-order valence-corrected chi connectivity index (χ2v) is 3.17. The average molecular weight is 182 g/mol. The Kier molecular flexibility index (Phi) is 4.79. The molecule has 1 saturated heterocycles. The summed E-state index contributed by atoms with van der Waals surface area (Å²) < 4.78 is 11.0. The van der Waals surface area contributed by atoms with Gasteiger partial charge in [0.1, 0.15) is 0 Å². The molecular formula is C11H18O2. The third-order valence-electron chi connectivity index (χ3n) is 2.21. The van der Waals surface area contributed by atoms with Crippen molar-refractivity contribution in [1.29, 1.82) is 0 Å². The van der Waals surface area contributed by atoms with Crippen molar-refractivity contribution in [1.82, 2.24) is 0 Å². The molecule has 1 aliphatic rings. The van der Waals surface area contributed by atoms with Crippen LogP contribution in [0.4, 0.5) is 0 Å². The molecule has 1 rings (SSSR count). The maximum absolute atomic E-state index is 5.57. The highest BCUT2D eigenvalue weighted by molar-refractivity contribution is 5.15. The lowest BCUT2D eigenvalue weighted by molar-refractivity contribution is -0.156. The van der Waals surface area contributed by atoms with Crippen molar-refractivity contribution in [2.24, 2.45) is 0 Å². The van der Waals surface area contributed by atoms with Gasteiger partial charge in [-0.2, -0.15) is 0 Å². The van der Waals surface area contributed by atoms with Crippen LogP contribution in [0.2, 0.25) is 0 Å². The molecule has 0 spiro atoms. The van der Waals surface area contributed by atoms with Crippen LogP contribution in [-0.2, 0) is 9.47 Å². The molecule has 1 fully saturated rings. The van der Waals surface area contributed by atoms with Crippen LogP contribution in [0.3, 0.4) is 0 Å². The van der Waals surface area contributed by atoms with Gasteiger partial charge < -0.3 is 9.47 Å². The molecule has 0 amide bonds. The van der Waals surface area contributed by atoms with Crippen molar-refractivity contribution in [2.45, 2.75) is 32.5 Å². The minimum atomic E-state index is 0.00338. The normalized spacial score (nSPS) is 24.4. The SMILES string of the molecule is C=CC(=CC)COC1CCCCO1. The fourth-order valence-electron chi connectivity index (χ4n) is 1.29. The third-order valence-corrected chi connectivity index (χ3v) is 2.21. The molecule has 0 aliphatic carbocycles. The molecule has 0 radical (unpaired) electrons. The van der Waals surface area contributed by atoms with Crippen molar-refractivity contribution < 1.29 is 9.47 Å². The zero-order valence-electron chi connectivity index (χ0n) is 8.29. The Morgan fingerprint density at radius 2 is 2.46 bits per heavy atom. The predicted octanol–water partition coefficient (Wildman–Crippen LogP) is 2.66. The first-order valence-corrected chi connectivity index (χ1v) is 4.87. The van der Waals surface area contributed by atoms with Crippen molar-refractivity contribution >= 4 is 0 Å². The maximum atomic E-state index is 5.57. The minimum absolute atomic E-state index is 0.00338. The first kappa shape index (κ1) is 10.5. The van der Waals surface area contributed by atoms with E-state index in [4.69, 9.17) is 9.47 Å². The number of rotatable bonds is 4. The average Bonchev–Trinajstić information content (AvgIpc) is 2.21. The fraction of sp³-hybridized carbons (Fsp3) is 0.636. The van der Waals surface area contributed by atoms with Crippen LogP contribution in [0.1, 0.15) is 26.2 Å². The van der Waals surface area contributed by atoms with Crippen molar-refractivity contribution in [3.63, 3.8) is 0 Å². The zero-order valence-corrected chi connectivity index (χ0v) is 8.29. The van der Waals surface area contributed by atoms with Crippen LogP contribution in [0.5, 0.6) is 0 Å². The summed E-state index contributed by atoms with van der Waals surface area (Å²) in [7, 11) is 0. The Morgan fingerprint density at radius 3 is 3.00 bits per heavy atom. The van der Waals surface area contributed by atoms with Gasteiger partial charge in [0.25, 0.3) is 0 Å². The highest BCUT2D eigenvalue weighted by Crippen LogP contribution is 2.14. The van der Waals surface area contributed by atoms with E-state index >= 15 is 0 Å². The number of allylic oxidation sites excluding steroid dienone is 1. The first-order valence-electron chi connectivity index (χ1n) is 4.87. The summed E-state index contributed by atoms with van der Waals surface area (Å²) in [6, 6.07) is 0. The Hall–Kier alpha value is -0.600. The second-order valence-electron chi connectivity index (χ2n) is 3.17. The van der Waals surface area contributed by atoms with Gasteiger partial charge in [0.15, 0.2) is 6.29 Å². The quantitative estimate of drug-likeness (QED) is 0.622. The summed E-state index contributed by atoms with van der Waals surface area (Å²) in [5, 5.41) is 0. The van der Waals surface area contributed by atoms with Gasteiger partial charge in [-0.25, -0.2) is 0 Å². The Bertz CT molecular complexity index is 179. The second kappa shape index (κ2) is 5.95. The summed E-state index contributed by atoms with van der Waals surface area (Å²) in [6.07, 6.45) is 7.23. The molecule has 1 heterocycles. The van der Waals surface area contributed by atoms with Crippen molar-refractivity contribution in [3.8, 4) is 0 Å². The summed E-state index contributed by atoms with van der Waals surface area (Å²) >= 11 is 0. The molecule has 0 N–H and O–H groups in total. The molecule has 0 aromatic carbocycles. The molecule has 2 nitrogen and oxygen atoms in total. The van der Waals surface area contributed by atoms with E-state index < -0.39 is 0 Å². The largest absolute Gasteiger partial charge is 0.353 e. The Morgan fingerprint density at radius 1 is 1.62 bits per heavy atom. The van der Waals surface area contributed by atoms with E-state index in [1.165, 1.54) is 6.42 Å². The number of hydrogen-bond acceptors (Lipinski definition) is 2. The standard InChI is InChI=1S/C11H18O2/c1-3-10(4-2)9-13-11-7-5-6-8-12-11/h3-4,11H,1,5-9H2,2H3. The van der Waals surface area contributed by atoms with E-state index in [1.807, 2.05) is 19.1 Å². The summed E-state index contributed by atoms with van der Waals surface area (Å²) in [4.78, 5) is 0. The van der Waals surface area contributed by atoms with Crippen LogP contribution in [-0.4, -0.2) is 19.5 Å². The monoisotopic (exact) mass is 182 g/mol. The van der Waals surface area contributed by atoms with Crippen LogP contribution in [0.15, 0.2) is 24.3 Å². The third kappa shape index (κ3) is 3.75. The molecule has 1 unspecified atom stereocenters. The van der Waals surface area contributed by atoms with Gasteiger partial charge in [-0.1, -0.05) is 18.7 Å². The fourth-order valence-corrected chi connectivity index (χ4v) is 1.29. The highest BCUT2D eigenvalue weighted by atomic mass is 16.7. The van der Waals surface area contributed by atoms with Gasteiger partial charge in [-0.05, 0) is 31.8 Å². The van der Waals surface area contributed by atoms with Gasteiger partial charge in [0.2, 0.25) is 0 Å². The molecule has 0 aromatic rings. The van der Waals surface area contributed by atoms with Gasteiger partial charge in [0.05, 0.1) is 6.61 Å². The molecule has 1 aliphatic heterocycles. The van der Waals surface area contributed by atoms with E-state index in [1.54, 1.807) is 0 Å². The van der Waals surface area contributed by atoms with Crippen LogP contribution in [0, 0.1) is 0 Å². The molecule has 74 valence electrons. The topological polar surface area (TPSA) is 18.5 Å². The Balaban J connectivity index is 2.20. The number of hydrogen-bond donors (Lipinski definition) is 0. The molecule has 0 saturated carbocycles. The molecule has 1 atom stereocenters. The van der Waals surface area contributed by atoms with Gasteiger partial charge in [0, 0.05) is 6.61 Å². The summed E-state index contributed by atoms with van der Waals surface area (Å²) in [5.74, 6) is 0. The van der Waals surface area contributed by atoms with Crippen LogP contribution < -0.4 is 0 Å². The molecule has 0 aromatic heterocycles. The Labute approximate surface area is 80.2 Å². The maximum Gasteiger partial charge on any atom is 0.158 e. The van der Waals surface area contributed by atoms with Crippen molar-refractivity contribution in [2.75, 3.05) is 13.2 Å². The van der Waals surface area contributed by atoms with E-state index in [-0.39, 0.29) is 6.29 Å². The van der Waals surface area contributed by atoms with Gasteiger partial charge in [-0.3, -0.25) is 0 Å². The molecule has 2 heteroatoms. The van der Waals surface area contributed by atoms with E-state index in [0.717, 1.165) is 25.0 Å². The lowest BCUT2D eigenvalue weighted by Gasteiger charge is -2.22. The summed E-state index contributed by atoms with van der Waals surface area (Å²) in [6.45, 7) is 7.15. The molecule has 13 heavy (non-hydrogen) atoms. The van der Waals surface area contributed by atoms with Gasteiger partial charge >= 0.3 is 0 Å². The van der Waals surface area contributed by atoms with Crippen molar-refractivity contribution in [3.05, 3.63) is 24.3 Å². The van der Waals surface area contributed by atoms with E-state index in [2.05, 4.69) is 6.58 Å². The zero-order chi connectivity index (χ0) is 9.52. The van der Waals surface area contributed by atoms with Gasteiger partial charge in [-0.15, -0.1) is 0 Å². The van der Waals surface area contributed by atoms with E-state index in [0.29, 0.717) is 6.61 Å².